The van der Waals surface area contributed by atoms with Gasteiger partial charge in [0.2, 0.25) is 0 Å². The van der Waals surface area contributed by atoms with Gasteiger partial charge in [-0.3, -0.25) is 5.32 Å². The van der Waals surface area contributed by atoms with Gasteiger partial charge >= 0.3 is 6.03 Å². The van der Waals surface area contributed by atoms with Crippen LogP contribution in [-0.2, 0) is 0 Å². The number of aryl methyl sites for hydroxylation is 1. The summed E-state index contributed by atoms with van der Waals surface area (Å²) in [5.74, 6) is 1.93. The van der Waals surface area contributed by atoms with Gasteiger partial charge in [0.05, 0.1) is 25.6 Å². The van der Waals surface area contributed by atoms with Crippen molar-refractivity contribution in [2.45, 2.75) is 6.92 Å². The topological polar surface area (TPSA) is 77.4 Å². The summed E-state index contributed by atoms with van der Waals surface area (Å²) in [6.45, 7) is 1.86. The van der Waals surface area contributed by atoms with Crippen LogP contribution in [0.4, 0.5) is 16.3 Å². The molecule has 7 heteroatoms. The first-order chi connectivity index (χ1) is 12.6. The Balaban J connectivity index is 1.80. The molecule has 3 rings (SSSR count). The maximum atomic E-state index is 12.4. The van der Waals surface area contributed by atoms with Crippen LogP contribution in [0.3, 0.4) is 0 Å². The van der Waals surface area contributed by atoms with E-state index in [1.54, 1.807) is 43.2 Å². The molecule has 134 valence electrons. The van der Waals surface area contributed by atoms with E-state index in [9.17, 15) is 4.79 Å². The van der Waals surface area contributed by atoms with Gasteiger partial charge in [-0.25, -0.2) is 9.48 Å². The van der Waals surface area contributed by atoms with Gasteiger partial charge in [0.25, 0.3) is 0 Å². The second-order valence-corrected chi connectivity index (χ2v) is 5.60. The molecule has 3 aromatic rings. The number of ether oxygens (including phenoxy) is 2. The third-order valence-electron chi connectivity index (χ3n) is 3.70. The highest BCUT2D eigenvalue weighted by Gasteiger charge is 2.12. The zero-order valence-corrected chi connectivity index (χ0v) is 14.8. The van der Waals surface area contributed by atoms with Crippen LogP contribution in [0.15, 0.2) is 54.6 Å². The summed E-state index contributed by atoms with van der Waals surface area (Å²) in [5, 5.41) is 10.0. The summed E-state index contributed by atoms with van der Waals surface area (Å²) in [4.78, 5) is 12.4. The van der Waals surface area contributed by atoms with E-state index in [1.807, 2.05) is 37.3 Å². The quantitative estimate of drug-likeness (QED) is 0.731. The first-order valence-electron chi connectivity index (χ1n) is 8.02. The molecule has 2 amide bonds. The highest BCUT2D eigenvalue weighted by atomic mass is 16.5. The van der Waals surface area contributed by atoms with Crippen molar-refractivity contribution in [3.05, 3.63) is 60.3 Å². The summed E-state index contributed by atoms with van der Waals surface area (Å²) < 4.78 is 12.1. The fourth-order valence-electron chi connectivity index (χ4n) is 2.51. The molecular weight excluding hydrogens is 332 g/mol. The van der Waals surface area contributed by atoms with E-state index in [0.717, 1.165) is 11.4 Å². The zero-order chi connectivity index (χ0) is 18.5. The maximum Gasteiger partial charge on any atom is 0.324 e. The Morgan fingerprint density at radius 2 is 1.65 bits per heavy atom. The number of hydrogen-bond acceptors (Lipinski definition) is 4. The molecule has 0 aliphatic carbocycles. The number of nitrogens with one attached hydrogen (secondary N) is 2. The molecule has 0 aliphatic rings. The fraction of sp³-hybridized carbons (Fsp3) is 0.158. The largest absolute Gasteiger partial charge is 0.497 e. The maximum absolute atomic E-state index is 12.4. The van der Waals surface area contributed by atoms with Crippen molar-refractivity contribution in [2.24, 2.45) is 0 Å². The Labute approximate surface area is 151 Å². The van der Waals surface area contributed by atoms with Crippen LogP contribution in [0.2, 0.25) is 0 Å². The Hall–Kier alpha value is -3.48. The van der Waals surface area contributed by atoms with Crippen LogP contribution in [0.5, 0.6) is 11.5 Å². The van der Waals surface area contributed by atoms with Gasteiger partial charge in [-0.1, -0.05) is 12.1 Å². The third-order valence-corrected chi connectivity index (χ3v) is 3.70. The molecule has 1 aromatic heterocycles. The molecular formula is C19H20N4O3. The van der Waals surface area contributed by atoms with Gasteiger partial charge in [-0.15, -0.1) is 0 Å². The summed E-state index contributed by atoms with van der Waals surface area (Å²) in [6.07, 6.45) is 0. The number of carbonyl (C=O) groups excluding carboxylic acids is 1. The molecule has 0 fully saturated rings. The highest BCUT2D eigenvalue weighted by Crippen LogP contribution is 2.22. The molecule has 2 aromatic carbocycles. The Morgan fingerprint density at radius 3 is 2.38 bits per heavy atom. The Morgan fingerprint density at radius 1 is 0.962 bits per heavy atom. The van der Waals surface area contributed by atoms with Gasteiger partial charge in [-0.05, 0) is 31.2 Å². The van der Waals surface area contributed by atoms with Crippen LogP contribution in [-0.4, -0.2) is 30.0 Å². The number of amides is 2. The lowest BCUT2D eigenvalue weighted by molar-refractivity contribution is 0.262. The second-order valence-electron chi connectivity index (χ2n) is 5.60. The number of anilines is 2. The molecule has 0 unspecified atom stereocenters. The number of aromatic nitrogens is 2. The predicted octanol–water partition coefficient (Wildman–Crippen LogP) is 3.84. The SMILES string of the molecule is COc1cccc(NC(=O)Nc2cc(C)nn2-c2cccc(OC)c2)c1. The second kappa shape index (κ2) is 7.60. The van der Waals surface area contributed by atoms with Crippen molar-refractivity contribution in [1.82, 2.24) is 9.78 Å². The number of hydrogen-bond donors (Lipinski definition) is 2. The van der Waals surface area contributed by atoms with Crippen molar-refractivity contribution in [3.8, 4) is 17.2 Å². The van der Waals surface area contributed by atoms with E-state index in [-0.39, 0.29) is 6.03 Å². The summed E-state index contributed by atoms with van der Waals surface area (Å²) in [7, 11) is 3.18. The minimum Gasteiger partial charge on any atom is -0.497 e. The molecule has 0 radical (unpaired) electrons. The van der Waals surface area contributed by atoms with Gasteiger partial charge in [0, 0.05) is 23.9 Å². The summed E-state index contributed by atoms with van der Waals surface area (Å²) in [6, 6.07) is 16.0. The monoisotopic (exact) mass is 352 g/mol. The number of urea groups is 1. The lowest BCUT2D eigenvalue weighted by atomic mass is 10.3. The minimum absolute atomic E-state index is 0.373. The van der Waals surface area contributed by atoms with Gasteiger partial charge in [-0.2, -0.15) is 5.10 Å². The molecule has 2 N–H and O–H groups in total. The van der Waals surface area contributed by atoms with Crippen molar-refractivity contribution in [3.63, 3.8) is 0 Å². The highest BCUT2D eigenvalue weighted by molar-refractivity contribution is 5.99. The first kappa shape index (κ1) is 17.3. The average Bonchev–Trinajstić information content (AvgIpc) is 3.01. The van der Waals surface area contributed by atoms with Crippen molar-refractivity contribution in [2.75, 3.05) is 24.9 Å². The van der Waals surface area contributed by atoms with E-state index in [0.29, 0.717) is 23.0 Å². The molecule has 0 saturated heterocycles. The summed E-state index contributed by atoms with van der Waals surface area (Å²) >= 11 is 0. The molecule has 1 heterocycles. The Kier molecular flexibility index (Phi) is 5.07. The van der Waals surface area contributed by atoms with Crippen molar-refractivity contribution in [1.29, 1.82) is 0 Å². The van der Waals surface area contributed by atoms with Crippen LogP contribution >= 0.6 is 0 Å². The van der Waals surface area contributed by atoms with Crippen molar-refractivity contribution < 1.29 is 14.3 Å². The Bertz CT molecular complexity index is 921. The number of carbonyl (C=O) groups is 1. The van der Waals surface area contributed by atoms with Crippen LogP contribution in [0, 0.1) is 6.92 Å². The van der Waals surface area contributed by atoms with Crippen LogP contribution in [0.1, 0.15) is 5.69 Å². The van der Waals surface area contributed by atoms with Gasteiger partial charge < -0.3 is 14.8 Å². The smallest absolute Gasteiger partial charge is 0.324 e. The molecule has 0 aliphatic heterocycles. The van der Waals surface area contributed by atoms with E-state index in [1.165, 1.54) is 0 Å². The number of methoxy groups -OCH3 is 2. The first-order valence-corrected chi connectivity index (χ1v) is 8.02. The fourth-order valence-corrected chi connectivity index (χ4v) is 2.51. The number of nitrogens with zero attached hydrogens (tertiary/aromatic N) is 2. The molecule has 0 spiro atoms. The minimum atomic E-state index is -0.373. The molecule has 7 nitrogen and oxygen atoms in total. The molecule has 0 bridgehead atoms. The average molecular weight is 352 g/mol. The van der Waals surface area contributed by atoms with E-state index in [4.69, 9.17) is 9.47 Å². The lowest BCUT2D eigenvalue weighted by Gasteiger charge is -2.11. The zero-order valence-electron chi connectivity index (χ0n) is 14.8. The lowest BCUT2D eigenvalue weighted by Crippen LogP contribution is -2.21. The van der Waals surface area contributed by atoms with E-state index in [2.05, 4.69) is 15.7 Å². The molecule has 0 atom stereocenters. The van der Waals surface area contributed by atoms with Gasteiger partial charge in [0.1, 0.15) is 17.3 Å². The van der Waals surface area contributed by atoms with Crippen LogP contribution < -0.4 is 20.1 Å². The number of rotatable bonds is 5. The van der Waals surface area contributed by atoms with Crippen LogP contribution in [0.25, 0.3) is 5.69 Å². The van der Waals surface area contributed by atoms with Gasteiger partial charge in [0.15, 0.2) is 0 Å². The van der Waals surface area contributed by atoms with Crippen molar-refractivity contribution >= 4 is 17.5 Å². The van der Waals surface area contributed by atoms with E-state index < -0.39 is 0 Å². The standard InChI is InChI=1S/C19H20N4O3/c1-13-10-18(23(22-13)15-7-5-9-17(12-15)26-3)21-19(24)20-14-6-4-8-16(11-14)25-2/h4-12H,1-3H3,(H2,20,21,24). The molecule has 26 heavy (non-hydrogen) atoms. The normalized spacial score (nSPS) is 10.3. The summed E-state index contributed by atoms with van der Waals surface area (Å²) in [5.41, 5.74) is 2.20. The predicted molar refractivity (Wildman–Crippen MR) is 100 cm³/mol. The number of benzene rings is 2. The third kappa shape index (κ3) is 3.94. The van der Waals surface area contributed by atoms with E-state index >= 15 is 0 Å². The molecule has 0 saturated carbocycles.